The molecule has 0 saturated carbocycles. The molecule has 1 aromatic carbocycles. The Hall–Kier alpha value is -0.340. The van der Waals surface area contributed by atoms with Gasteiger partial charge >= 0.3 is 0 Å². The highest BCUT2D eigenvalue weighted by atomic mass is 79.9. The first-order valence-electron chi connectivity index (χ1n) is 4.99. The summed E-state index contributed by atoms with van der Waals surface area (Å²) in [7, 11) is 0. The standard InChI is InChI=1S/C12H15BrO/c1-12(2)6-5-11(14)9-4-3-8(13)7-10(9)12/h3-4,7,11,14H,5-6H2,1-2H3. The number of fused-ring (bicyclic) bond motifs is 1. The molecular formula is C12H15BrO. The van der Waals surface area contributed by atoms with Crippen molar-refractivity contribution in [2.45, 2.75) is 38.2 Å². The largest absolute Gasteiger partial charge is 0.388 e. The van der Waals surface area contributed by atoms with Gasteiger partial charge in [0.2, 0.25) is 0 Å². The molecule has 0 fully saturated rings. The lowest BCUT2D eigenvalue weighted by Crippen LogP contribution is -2.26. The van der Waals surface area contributed by atoms with Gasteiger partial charge in [-0.15, -0.1) is 0 Å². The average Bonchev–Trinajstić information content (AvgIpc) is 2.12. The van der Waals surface area contributed by atoms with E-state index in [0.717, 1.165) is 22.9 Å². The lowest BCUT2D eigenvalue weighted by molar-refractivity contribution is 0.139. The molecule has 2 heteroatoms. The van der Waals surface area contributed by atoms with Gasteiger partial charge in [0.25, 0.3) is 0 Å². The molecule has 0 amide bonds. The fourth-order valence-corrected chi connectivity index (χ4v) is 2.55. The Morgan fingerprint density at radius 3 is 2.86 bits per heavy atom. The van der Waals surface area contributed by atoms with Gasteiger partial charge in [-0.1, -0.05) is 35.8 Å². The monoisotopic (exact) mass is 254 g/mol. The molecule has 0 saturated heterocycles. The maximum atomic E-state index is 9.87. The highest BCUT2D eigenvalue weighted by molar-refractivity contribution is 9.10. The van der Waals surface area contributed by atoms with E-state index in [0.29, 0.717) is 0 Å². The van der Waals surface area contributed by atoms with Crippen molar-refractivity contribution in [2.24, 2.45) is 0 Å². The topological polar surface area (TPSA) is 20.2 Å². The quantitative estimate of drug-likeness (QED) is 0.751. The van der Waals surface area contributed by atoms with Crippen molar-refractivity contribution in [1.82, 2.24) is 0 Å². The van der Waals surface area contributed by atoms with Crippen LogP contribution in [0.4, 0.5) is 0 Å². The molecule has 2 rings (SSSR count). The van der Waals surface area contributed by atoms with Crippen molar-refractivity contribution in [1.29, 1.82) is 0 Å². The Balaban J connectivity index is 2.58. The Bertz CT molecular complexity index is 357. The zero-order valence-corrected chi connectivity index (χ0v) is 10.1. The summed E-state index contributed by atoms with van der Waals surface area (Å²) in [6.07, 6.45) is 1.66. The molecule has 0 heterocycles. The predicted molar refractivity (Wildman–Crippen MR) is 61.4 cm³/mol. The molecule has 0 spiro atoms. The summed E-state index contributed by atoms with van der Waals surface area (Å²) in [6, 6.07) is 6.17. The SMILES string of the molecule is CC1(C)CCC(O)c2ccc(Br)cc21. The first kappa shape index (κ1) is 10.2. The van der Waals surface area contributed by atoms with Crippen LogP contribution in [0, 0.1) is 0 Å². The number of benzene rings is 1. The number of hydrogen-bond donors (Lipinski definition) is 1. The summed E-state index contributed by atoms with van der Waals surface area (Å²) in [5, 5.41) is 9.87. The van der Waals surface area contributed by atoms with Crippen LogP contribution in [0.5, 0.6) is 0 Å². The zero-order valence-electron chi connectivity index (χ0n) is 8.55. The highest BCUT2D eigenvalue weighted by Gasteiger charge is 2.31. The zero-order chi connectivity index (χ0) is 10.3. The summed E-state index contributed by atoms with van der Waals surface area (Å²) < 4.78 is 1.10. The van der Waals surface area contributed by atoms with Gasteiger partial charge in [0, 0.05) is 4.47 Å². The fraction of sp³-hybridized carbons (Fsp3) is 0.500. The van der Waals surface area contributed by atoms with Crippen molar-refractivity contribution < 1.29 is 5.11 Å². The number of aliphatic hydroxyl groups excluding tert-OH is 1. The minimum atomic E-state index is -0.272. The van der Waals surface area contributed by atoms with Crippen molar-refractivity contribution in [3.63, 3.8) is 0 Å². The minimum absolute atomic E-state index is 0.193. The van der Waals surface area contributed by atoms with Crippen molar-refractivity contribution in [2.75, 3.05) is 0 Å². The number of aliphatic hydroxyl groups is 1. The van der Waals surface area contributed by atoms with Crippen LogP contribution in [0.25, 0.3) is 0 Å². The van der Waals surface area contributed by atoms with E-state index in [9.17, 15) is 5.11 Å². The van der Waals surface area contributed by atoms with Gasteiger partial charge in [0.15, 0.2) is 0 Å². The van der Waals surface area contributed by atoms with Crippen LogP contribution in [0.2, 0.25) is 0 Å². The third kappa shape index (κ3) is 1.61. The summed E-state index contributed by atoms with van der Waals surface area (Å²) >= 11 is 3.48. The van der Waals surface area contributed by atoms with Gasteiger partial charge in [-0.25, -0.2) is 0 Å². The molecule has 1 aliphatic carbocycles. The van der Waals surface area contributed by atoms with Gasteiger partial charge in [0.1, 0.15) is 0 Å². The molecule has 0 aromatic heterocycles. The van der Waals surface area contributed by atoms with Crippen molar-refractivity contribution >= 4 is 15.9 Å². The van der Waals surface area contributed by atoms with E-state index in [1.165, 1.54) is 5.56 Å². The maximum Gasteiger partial charge on any atom is 0.0793 e. The number of hydrogen-bond acceptors (Lipinski definition) is 1. The van der Waals surface area contributed by atoms with E-state index in [-0.39, 0.29) is 11.5 Å². The van der Waals surface area contributed by atoms with E-state index in [4.69, 9.17) is 0 Å². The highest BCUT2D eigenvalue weighted by Crippen LogP contribution is 2.42. The molecule has 1 aliphatic rings. The number of rotatable bonds is 0. The Morgan fingerprint density at radius 2 is 2.14 bits per heavy atom. The Morgan fingerprint density at radius 1 is 1.43 bits per heavy atom. The molecule has 1 N–H and O–H groups in total. The molecule has 0 radical (unpaired) electrons. The molecule has 1 atom stereocenters. The van der Waals surface area contributed by atoms with E-state index >= 15 is 0 Å². The van der Waals surface area contributed by atoms with E-state index in [1.54, 1.807) is 0 Å². The smallest absolute Gasteiger partial charge is 0.0793 e. The summed E-state index contributed by atoms with van der Waals surface area (Å²) in [6.45, 7) is 4.48. The van der Waals surface area contributed by atoms with Gasteiger partial charge in [-0.3, -0.25) is 0 Å². The first-order chi connectivity index (χ1) is 6.50. The average molecular weight is 255 g/mol. The van der Waals surface area contributed by atoms with Gasteiger partial charge in [-0.2, -0.15) is 0 Å². The van der Waals surface area contributed by atoms with Crippen LogP contribution in [-0.4, -0.2) is 5.11 Å². The Kier molecular flexibility index (Phi) is 2.44. The molecular weight excluding hydrogens is 240 g/mol. The predicted octanol–water partition coefficient (Wildman–Crippen LogP) is 3.55. The van der Waals surface area contributed by atoms with Crippen LogP contribution in [0.1, 0.15) is 43.9 Å². The summed E-state index contributed by atoms with van der Waals surface area (Å²) in [4.78, 5) is 0. The third-order valence-electron chi connectivity index (χ3n) is 3.15. The summed E-state index contributed by atoms with van der Waals surface area (Å²) in [5.41, 5.74) is 2.58. The van der Waals surface area contributed by atoms with Crippen molar-refractivity contribution in [3.8, 4) is 0 Å². The molecule has 76 valence electrons. The first-order valence-corrected chi connectivity index (χ1v) is 5.78. The molecule has 1 unspecified atom stereocenters. The lowest BCUT2D eigenvalue weighted by atomic mass is 9.72. The van der Waals surface area contributed by atoms with Crippen molar-refractivity contribution in [3.05, 3.63) is 33.8 Å². The van der Waals surface area contributed by atoms with Crippen LogP contribution < -0.4 is 0 Å². The maximum absolute atomic E-state index is 9.87. The van der Waals surface area contributed by atoms with Crippen LogP contribution >= 0.6 is 15.9 Å². The van der Waals surface area contributed by atoms with E-state index in [1.807, 2.05) is 12.1 Å². The normalized spacial score (nSPS) is 24.4. The molecule has 14 heavy (non-hydrogen) atoms. The second-order valence-electron chi connectivity index (χ2n) is 4.67. The molecule has 1 aromatic rings. The molecule has 0 aliphatic heterocycles. The minimum Gasteiger partial charge on any atom is -0.388 e. The van der Waals surface area contributed by atoms with E-state index < -0.39 is 0 Å². The van der Waals surface area contributed by atoms with Crippen LogP contribution in [0.3, 0.4) is 0 Å². The van der Waals surface area contributed by atoms with Crippen LogP contribution in [-0.2, 0) is 5.41 Å². The number of halogens is 1. The molecule has 0 bridgehead atoms. The van der Waals surface area contributed by atoms with Gasteiger partial charge < -0.3 is 5.11 Å². The fourth-order valence-electron chi connectivity index (χ4n) is 2.19. The summed E-state index contributed by atoms with van der Waals surface area (Å²) in [5.74, 6) is 0. The van der Waals surface area contributed by atoms with Crippen LogP contribution in [0.15, 0.2) is 22.7 Å². The lowest BCUT2D eigenvalue weighted by Gasteiger charge is -2.35. The van der Waals surface area contributed by atoms with Gasteiger partial charge in [0.05, 0.1) is 6.10 Å². The second-order valence-corrected chi connectivity index (χ2v) is 5.59. The Labute approximate surface area is 93.3 Å². The van der Waals surface area contributed by atoms with Gasteiger partial charge in [-0.05, 0) is 41.5 Å². The third-order valence-corrected chi connectivity index (χ3v) is 3.64. The second kappa shape index (κ2) is 3.35. The van der Waals surface area contributed by atoms with E-state index in [2.05, 4.69) is 35.8 Å². The molecule has 1 nitrogen and oxygen atoms in total.